The first kappa shape index (κ1) is 37.0. The van der Waals surface area contributed by atoms with Gasteiger partial charge in [-0.15, -0.1) is 11.8 Å². The molecular formula is C35H47F5O4S. The van der Waals surface area contributed by atoms with Gasteiger partial charge in [0.15, 0.2) is 0 Å². The molecule has 3 N–H and O–H groups in total. The smallest absolute Gasteiger partial charge is 0.453 e. The number of carbonyl (C=O) groups is 1. The Labute approximate surface area is 267 Å². The SMILES string of the molecule is CCC1(c2ccc(O)cc2)CSc2cc(O)ccc2C1CCCCCCCCC(CCCCCCC(F)(F)C(F)(F)F)C(=O)O. The number of carboxylic acids is 1. The number of unbranched alkanes of at least 4 members (excludes halogenated alkanes) is 8. The van der Waals surface area contributed by atoms with E-state index in [2.05, 4.69) is 13.0 Å². The molecule has 0 fully saturated rings. The van der Waals surface area contributed by atoms with Crippen molar-refractivity contribution in [1.29, 1.82) is 0 Å². The predicted molar refractivity (Wildman–Crippen MR) is 168 cm³/mol. The number of aromatic hydroxyl groups is 2. The molecule has 2 aromatic rings. The minimum atomic E-state index is -5.52. The molecule has 2 aromatic carbocycles. The number of aliphatic carboxylic acids is 1. The Kier molecular flexibility index (Phi) is 13.9. The minimum absolute atomic E-state index is 0.0810. The van der Waals surface area contributed by atoms with Gasteiger partial charge in [-0.05, 0) is 73.4 Å². The Morgan fingerprint density at radius 3 is 1.98 bits per heavy atom. The largest absolute Gasteiger partial charge is 0.508 e. The van der Waals surface area contributed by atoms with E-state index in [0.717, 1.165) is 62.0 Å². The first-order valence-corrected chi connectivity index (χ1v) is 17.2. The highest BCUT2D eigenvalue weighted by Gasteiger charge is 2.56. The lowest BCUT2D eigenvalue weighted by Gasteiger charge is -2.45. The Bertz CT molecular complexity index is 1200. The van der Waals surface area contributed by atoms with Crippen molar-refractivity contribution in [2.45, 2.75) is 132 Å². The van der Waals surface area contributed by atoms with Crippen LogP contribution in [0.15, 0.2) is 47.4 Å². The fourth-order valence-corrected chi connectivity index (χ4v) is 8.24. The summed E-state index contributed by atoms with van der Waals surface area (Å²) in [5, 5.41) is 29.5. The molecule has 10 heteroatoms. The zero-order valence-corrected chi connectivity index (χ0v) is 26.9. The van der Waals surface area contributed by atoms with Gasteiger partial charge < -0.3 is 15.3 Å². The Hall–Kier alpha value is -2.49. The van der Waals surface area contributed by atoms with Crippen molar-refractivity contribution in [3.05, 3.63) is 53.6 Å². The number of carboxylic acid groups (broad SMARTS) is 1. The van der Waals surface area contributed by atoms with Gasteiger partial charge in [-0.3, -0.25) is 4.79 Å². The molecule has 0 spiro atoms. The summed E-state index contributed by atoms with van der Waals surface area (Å²) < 4.78 is 62.8. The van der Waals surface area contributed by atoms with E-state index in [9.17, 15) is 42.1 Å². The Morgan fingerprint density at radius 2 is 1.40 bits per heavy atom. The van der Waals surface area contributed by atoms with Crippen molar-refractivity contribution >= 4 is 17.7 Å². The van der Waals surface area contributed by atoms with Crippen LogP contribution in [0.25, 0.3) is 0 Å². The molecule has 0 bridgehead atoms. The number of thioether (sulfide) groups is 1. The molecule has 0 saturated carbocycles. The van der Waals surface area contributed by atoms with Crippen LogP contribution >= 0.6 is 11.8 Å². The molecule has 4 nitrogen and oxygen atoms in total. The van der Waals surface area contributed by atoms with Crippen LogP contribution in [0.2, 0.25) is 0 Å². The highest BCUT2D eigenvalue weighted by Crippen LogP contribution is 2.54. The highest BCUT2D eigenvalue weighted by atomic mass is 32.2. The Morgan fingerprint density at radius 1 is 0.844 bits per heavy atom. The van der Waals surface area contributed by atoms with Crippen molar-refractivity contribution in [2.24, 2.45) is 5.92 Å². The van der Waals surface area contributed by atoms with Gasteiger partial charge in [-0.25, -0.2) is 0 Å². The first-order chi connectivity index (χ1) is 21.3. The molecule has 252 valence electrons. The monoisotopic (exact) mass is 658 g/mol. The van der Waals surface area contributed by atoms with E-state index in [1.54, 1.807) is 30.0 Å². The van der Waals surface area contributed by atoms with E-state index in [4.69, 9.17) is 0 Å². The van der Waals surface area contributed by atoms with Crippen molar-refractivity contribution in [1.82, 2.24) is 0 Å². The maximum atomic E-state index is 13.0. The lowest BCUT2D eigenvalue weighted by molar-refractivity contribution is -0.284. The van der Waals surface area contributed by atoms with Gasteiger partial charge in [0.2, 0.25) is 0 Å². The summed E-state index contributed by atoms with van der Waals surface area (Å²) in [6.07, 6.45) is 2.92. The van der Waals surface area contributed by atoms with E-state index < -0.39 is 30.4 Å². The number of phenols is 2. The van der Waals surface area contributed by atoms with E-state index in [1.807, 2.05) is 18.2 Å². The molecule has 3 unspecified atom stereocenters. The van der Waals surface area contributed by atoms with Crippen molar-refractivity contribution in [2.75, 3.05) is 5.75 Å². The fraction of sp³-hybridized carbons (Fsp3) is 0.629. The number of rotatable bonds is 19. The number of fused-ring (bicyclic) bond motifs is 1. The number of halogens is 5. The normalized spacial score (nSPS) is 19.3. The lowest BCUT2D eigenvalue weighted by atomic mass is 9.65. The number of hydrogen-bond acceptors (Lipinski definition) is 4. The second-order valence-corrected chi connectivity index (χ2v) is 13.5. The van der Waals surface area contributed by atoms with E-state index >= 15 is 0 Å². The topological polar surface area (TPSA) is 77.8 Å². The summed E-state index contributed by atoms with van der Waals surface area (Å²) in [5.41, 5.74) is 2.40. The molecular weight excluding hydrogens is 611 g/mol. The molecule has 3 atom stereocenters. The molecule has 45 heavy (non-hydrogen) atoms. The van der Waals surface area contributed by atoms with Crippen molar-refractivity contribution in [3.8, 4) is 11.5 Å². The molecule has 0 radical (unpaired) electrons. The van der Waals surface area contributed by atoms with E-state index in [-0.39, 0.29) is 35.7 Å². The molecule has 0 saturated heterocycles. The van der Waals surface area contributed by atoms with Gasteiger partial charge in [0.05, 0.1) is 5.92 Å². The lowest BCUT2D eigenvalue weighted by Crippen LogP contribution is -2.38. The van der Waals surface area contributed by atoms with Crippen LogP contribution in [0, 0.1) is 5.92 Å². The number of benzene rings is 2. The maximum Gasteiger partial charge on any atom is 0.453 e. The minimum Gasteiger partial charge on any atom is -0.508 e. The fourth-order valence-electron chi connectivity index (χ4n) is 6.67. The molecule has 1 heterocycles. The molecule has 0 aliphatic carbocycles. The van der Waals surface area contributed by atoms with Gasteiger partial charge in [0.1, 0.15) is 11.5 Å². The third-order valence-corrected chi connectivity index (χ3v) is 10.8. The third-order valence-electron chi connectivity index (χ3n) is 9.45. The zero-order valence-electron chi connectivity index (χ0n) is 26.1. The highest BCUT2D eigenvalue weighted by molar-refractivity contribution is 7.99. The van der Waals surface area contributed by atoms with Gasteiger partial charge in [0.25, 0.3) is 0 Å². The first-order valence-electron chi connectivity index (χ1n) is 16.2. The second kappa shape index (κ2) is 16.9. The number of alkyl halides is 5. The van der Waals surface area contributed by atoms with Crippen LogP contribution in [0.5, 0.6) is 11.5 Å². The molecule has 3 rings (SSSR count). The molecule has 0 aromatic heterocycles. The van der Waals surface area contributed by atoms with Gasteiger partial charge in [0, 0.05) is 22.5 Å². The Balaban J connectivity index is 1.40. The van der Waals surface area contributed by atoms with Crippen LogP contribution in [0.3, 0.4) is 0 Å². The van der Waals surface area contributed by atoms with Crippen LogP contribution in [-0.4, -0.2) is 39.1 Å². The van der Waals surface area contributed by atoms with Gasteiger partial charge in [-0.1, -0.05) is 82.9 Å². The van der Waals surface area contributed by atoms with E-state index in [1.165, 1.54) is 11.1 Å². The van der Waals surface area contributed by atoms with Crippen LogP contribution in [-0.2, 0) is 10.2 Å². The second-order valence-electron chi connectivity index (χ2n) is 12.5. The van der Waals surface area contributed by atoms with Gasteiger partial charge >= 0.3 is 18.1 Å². The van der Waals surface area contributed by atoms with Crippen LogP contribution in [0.1, 0.15) is 120 Å². The molecule has 1 aliphatic rings. The summed E-state index contributed by atoms with van der Waals surface area (Å²) in [6, 6.07) is 13.2. The van der Waals surface area contributed by atoms with Crippen molar-refractivity contribution < 1.29 is 42.1 Å². The third kappa shape index (κ3) is 10.2. The van der Waals surface area contributed by atoms with Crippen molar-refractivity contribution in [3.63, 3.8) is 0 Å². The summed E-state index contributed by atoms with van der Waals surface area (Å²) in [4.78, 5) is 12.8. The number of phenolic OH excluding ortho intramolecular Hbond substituents is 2. The average molecular weight is 659 g/mol. The van der Waals surface area contributed by atoms with Crippen LogP contribution in [0.4, 0.5) is 22.0 Å². The summed E-state index contributed by atoms with van der Waals surface area (Å²) in [7, 11) is 0. The molecule has 0 amide bonds. The van der Waals surface area contributed by atoms with E-state index in [0.29, 0.717) is 25.7 Å². The quantitative estimate of drug-likeness (QED) is 0.103. The predicted octanol–water partition coefficient (Wildman–Crippen LogP) is 11.0. The summed E-state index contributed by atoms with van der Waals surface area (Å²) >= 11 is 1.77. The number of hydrogen-bond donors (Lipinski definition) is 3. The molecule has 1 aliphatic heterocycles. The average Bonchev–Trinajstić information content (AvgIpc) is 2.98. The summed E-state index contributed by atoms with van der Waals surface area (Å²) in [5.74, 6) is -4.38. The zero-order chi connectivity index (χ0) is 33.1. The summed E-state index contributed by atoms with van der Waals surface area (Å²) in [6.45, 7) is 2.22. The van der Waals surface area contributed by atoms with Gasteiger partial charge in [-0.2, -0.15) is 22.0 Å². The van der Waals surface area contributed by atoms with Crippen LogP contribution < -0.4 is 0 Å². The standard InChI is InChI=1S/C35H47F5O4S/c1-2-33(26-16-18-27(41)19-17-26)24-45-31-23-28(42)20-21-29(31)30(33)15-11-6-4-3-5-9-13-25(32(43)44)14-10-7-8-12-22-34(36,37)35(38,39)40/h16-21,23,25,30,41-42H,2-15,22,24H2,1H3,(H,43,44). The maximum absolute atomic E-state index is 13.0.